The second-order valence-corrected chi connectivity index (χ2v) is 12.5. The molecule has 0 radical (unpaired) electrons. The third kappa shape index (κ3) is 5.61. The van der Waals surface area contributed by atoms with Gasteiger partial charge >= 0.3 is 20.6 Å². The van der Waals surface area contributed by atoms with Gasteiger partial charge in [-0.2, -0.15) is 8.78 Å². The number of ether oxygens (including phenoxy) is 2. The third-order valence-corrected chi connectivity index (χ3v) is 7.46. The van der Waals surface area contributed by atoms with Crippen LogP contribution in [0.3, 0.4) is 0 Å². The van der Waals surface area contributed by atoms with E-state index in [1.165, 1.54) is 0 Å². The van der Waals surface area contributed by atoms with E-state index in [1.807, 2.05) is 4.57 Å². The predicted molar refractivity (Wildman–Crippen MR) is 134 cm³/mol. The van der Waals surface area contributed by atoms with E-state index in [0.29, 0.717) is 48.5 Å². The van der Waals surface area contributed by atoms with Gasteiger partial charge in [0, 0.05) is 47.8 Å². The van der Waals surface area contributed by atoms with Crippen molar-refractivity contribution in [3.63, 3.8) is 0 Å². The van der Waals surface area contributed by atoms with Crippen LogP contribution < -0.4 is 4.74 Å². The van der Waals surface area contributed by atoms with Gasteiger partial charge in [-0.1, -0.05) is 36.7 Å². The molecule has 0 atom stereocenters. The Morgan fingerprint density at radius 2 is 1.67 bits per heavy atom. The van der Waals surface area contributed by atoms with Crippen LogP contribution in [0.15, 0.2) is 22.9 Å². The maximum atomic E-state index is 13.0. The summed E-state index contributed by atoms with van der Waals surface area (Å²) in [6.07, 6.45) is 3.13. The van der Waals surface area contributed by atoms with Crippen molar-refractivity contribution in [2.75, 3.05) is 33.0 Å². The number of imidazole rings is 1. The first-order chi connectivity index (χ1) is 16.9. The molecule has 0 bridgehead atoms. The molecule has 0 amide bonds. The first-order valence-electron chi connectivity index (χ1n) is 12.2. The average molecular weight is 571 g/mol. The molecule has 3 aliphatic rings. The van der Waals surface area contributed by atoms with Crippen LogP contribution in [0.1, 0.15) is 46.6 Å². The lowest BCUT2D eigenvalue weighted by Crippen LogP contribution is -2.58. The van der Waals surface area contributed by atoms with E-state index >= 15 is 0 Å². The first kappa shape index (κ1) is 26.4. The van der Waals surface area contributed by atoms with Crippen LogP contribution in [0.2, 0.25) is 0 Å². The highest BCUT2D eigenvalue weighted by Gasteiger charge is 2.50. The quantitative estimate of drug-likeness (QED) is 0.447. The van der Waals surface area contributed by atoms with Crippen molar-refractivity contribution in [1.82, 2.24) is 9.55 Å². The molecule has 1 aromatic heterocycles. The maximum Gasteiger partial charge on any atom is 0.488 e. The highest BCUT2D eigenvalue weighted by atomic mass is 79.9. The summed E-state index contributed by atoms with van der Waals surface area (Å²) in [6.45, 7) is 8.02. The molecule has 1 aliphatic carbocycles. The number of halogens is 3. The summed E-state index contributed by atoms with van der Waals surface area (Å²) in [4.78, 5) is 4.40. The molecule has 1 aromatic carbocycles. The lowest BCUT2D eigenvalue weighted by atomic mass is 9.47. The number of rotatable bonds is 7. The second-order valence-electron chi connectivity index (χ2n) is 11.6. The zero-order valence-electron chi connectivity index (χ0n) is 21.0. The zero-order valence-corrected chi connectivity index (χ0v) is 22.6. The minimum atomic E-state index is -2.91. The van der Waals surface area contributed by atoms with Gasteiger partial charge in [-0.05, 0) is 31.9 Å². The van der Waals surface area contributed by atoms with Crippen molar-refractivity contribution in [3.8, 4) is 5.75 Å². The van der Waals surface area contributed by atoms with Gasteiger partial charge in [0.25, 0.3) is 0 Å². The molecule has 1 saturated carbocycles. The highest BCUT2D eigenvalue weighted by Crippen LogP contribution is 2.47. The molecule has 36 heavy (non-hydrogen) atoms. The van der Waals surface area contributed by atoms with Crippen LogP contribution in [0.25, 0.3) is 11.0 Å². The molecule has 2 aliphatic heterocycles. The van der Waals surface area contributed by atoms with E-state index in [2.05, 4.69) is 48.6 Å². The van der Waals surface area contributed by atoms with Crippen molar-refractivity contribution in [2.24, 2.45) is 10.8 Å². The first-order valence-corrected chi connectivity index (χ1v) is 12.9. The minimum absolute atomic E-state index is 0.0129. The Morgan fingerprint density at radius 3 is 2.28 bits per heavy atom. The van der Waals surface area contributed by atoms with Gasteiger partial charge < -0.3 is 32.7 Å². The molecule has 0 spiro atoms. The van der Waals surface area contributed by atoms with E-state index in [9.17, 15) is 8.78 Å². The van der Waals surface area contributed by atoms with Crippen LogP contribution in [0.5, 0.6) is 5.75 Å². The van der Waals surface area contributed by atoms with Crippen LogP contribution in [-0.4, -0.2) is 68.8 Å². The van der Waals surface area contributed by atoms with E-state index < -0.39 is 20.6 Å². The molecule has 0 unspecified atom stereocenters. The van der Waals surface area contributed by atoms with Gasteiger partial charge in [-0.25, -0.2) is 4.98 Å². The standard InChI is InChI=1S/C23H31B2BrF2N2O6/c1-21(2)9-32-24(33-10-21)25-34-12-22(3,13-35-25)11-31-23(4)7-16(8-23)30-14-29-17-5-15(26)6-18(19(17)30)36-20(27)28/h5-6,14,16,20H,7-13H2,1-4H3. The van der Waals surface area contributed by atoms with Crippen LogP contribution in [0.4, 0.5) is 8.78 Å². The number of benzene rings is 1. The Balaban J connectivity index is 1.15. The SMILES string of the molecule is CC1(C)COB(B2OCC(C)(COC3(C)CC(n4cnc5cc(Br)cc(OC(F)F)c54)C3)CO2)OC1. The Hall–Kier alpha value is -1.24. The molecular formula is C23H31B2BrF2N2O6. The lowest BCUT2D eigenvalue weighted by molar-refractivity contribution is -0.151. The van der Waals surface area contributed by atoms with Gasteiger partial charge in [-0.3, -0.25) is 0 Å². The van der Waals surface area contributed by atoms with Crippen molar-refractivity contribution >= 4 is 41.0 Å². The molecule has 0 N–H and O–H groups in total. The maximum absolute atomic E-state index is 13.0. The van der Waals surface area contributed by atoms with E-state index in [1.54, 1.807) is 18.5 Å². The Kier molecular flexibility index (Phi) is 7.19. The summed E-state index contributed by atoms with van der Waals surface area (Å²) in [6, 6.07) is 3.41. The molecule has 8 nitrogen and oxygen atoms in total. The Morgan fingerprint density at radius 1 is 1.06 bits per heavy atom. The number of hydrogen-bond acceptors (Lipinski definition) is 7. The fourth-order valence-corrected chi connectivity index (χ4v) is 5.35. The summed E-state index contributed by atoms with van der Waals surface area (Å²) < 4.78 is 63.2. The van der Waals surface area contributed by atoms with Crippen molar-refractivity contribution in [2.45, 2.75) is 58.8 Å². The Bertz CT molecular complexity index is 1080. The van der Waals surface area contributed by atoms with Gasteiger partial charge in [0.2, 0.25) is 0 Å². The predicted octanol–water partition coefficient (Wildman–Crippen LogP) is 4.69. The average Bonchev–Trinajstić information content (AvgIpc) is 3.20. The van der Waals surface area contributed by atoms with E-state index in [0.717, 1.165) is 12.8 Å². The highest BCUT2D eigenvalue weighted by molar-refractivity contribution is 9.10. The summed E-state index contributed by atoms with van der Waals surface area (Å²) >= 11 is 3.33. The molecular weight excluding hydrogens is 540 g/mol. The molecule has 2 saturated heterocycles. The van der Waals surface area contributed by atoms with Gasteiger partial charge in [-0.15, -0.1) is 0 Å². The molecule has 3 fully saturated rings. The van der Waals surface area contributed by atoms with Gasteiger partial charge in [0.05, 0.1) is 24.1 Å². The van der Waals surface area contributed by atoms with Crippen molar-refractivity contribution < 1.29 is 36.9 Å². The number of fused-ring (bicyclic) bond motifs is 1. The van der Waals surface area contributed by atoms with Crippen LogP contribution >= 0.6 is 15.9 Å². The van der Waals surface area contributed by atoms with Crippen molar-refractivity contribution in [1.29, 1.82) is 0 Å². The number of hydrogen-bond donors (Lipinski definition) is 0. The topological polar surface area (TPSA) is 73.2 Å². The number of aromatic nitrogens is 2. The largest absolute Gasteiger partial charge is 0.488 e. The lowest BCUT2D eigenvalue weighted by Gasteiger charge is -2.48. The molecule has 196 valence electrons. The van der Waals surface area contributed by atoms with E-state index in [-0.39, 0.29) is 28.2 Å². The number of alkyl halides is 2. The zero-order chi connectivity index (χ0) is 25.7. The van der Waals surface area contributed by atoms with Gasteiger partial charge in [0.15, 0.2) is 5.75 Å². The summed E-state index contributed by atoms with van der Waals surface area (Å²) in [7, 11) is -1.06. The van der Waals surface area contributed by atoms with Gasteiger partial charge in [0.1, 0.15) is 5.52 Å². The molecule has 2 aromatic rings. The van der Waals surface area contributed by atoms with Crippen molar-refractivity contribution in [3.05, 3.63) is 22.9 Å². The van der Waals surface area contributed by atoms with E-state index in [4.69, 9.17) is 28.1 Å². The fraction of sp³-hybridized carbons (Fsp3) is 0.696. The normalized spacial score (nSPS) is 27.9. The van der Waals surface area contributed by atoms with Crippen LogP contribution in [-0.2, 0) is 23.4 Å². The summed E-state index contributed by atoms with van der Waals surface area (Å²) in [5.41, 5.74) is 0.503. The third-order valence-electron chi connectivity index (χ3n) is 7.00. The Labute approximate surface area is 218 Å². The second kappa shape index (κ2) is 9.81. The smallest absolute Gasteiger partial charge is 0.432 e. The molecule has 3 heterocycles. The molecule has 13 heteroatoms. The number of nitrogens with zero attached hydrogens (tertiary/aromatic N) is 2. The molecule has 5 rings (SSSR count). The monoisotopic (exact) mass is 570 g/mol. The van der Waals surface area contributed by atoms with Crippen LogP contribution in [0, 0.1) is 10.8 Å². The summed E-state index contributed by atoms with van der Waals surface area (Å²) in [5, 5.41) is 0. The fourth-order valence-electron chi connectivity index (χ4n) is 4.92. The summed E-state index contributed by atoms with van der Waals surface area (Å²) in [5.74, 6) is 0.106. The minimum Gasteiger partial charge on any atom is -0.432 e.